The first-order valence-corrected chi connectivity index (χ1v) is 6.82. The van der Waals surface area contributed by atoms with Crippen molar-refractivity contribution in [3.63, 3.8) is 0 Å². The molecule has 2 heterocycles. The lowest BCUT2D eigenvalue weighted by molar-refractivity contribution is 0.0693. The molecule has 20 heavy (non-hydrogen) atoms. The molecule has 1 amide bonds. The number of nitrogens with zero attached hydrogens (tertiary/aromatic N) is 3. The van der Waals surface area contributed by atoms with Crippen molar-refractivity contribution in [2.24, 2.45) is 5.92 Å². The number of nitriles is 1. The molecule has 1 unspecified atom stereocenters. The van der Waals surface area contributed by atoms with Gasteiger partial charge >= 0.3 is 0 Å². The summed E-state index contributed by atoms with van der Waals surface area (Å²) in [5.41, 5.74) is 1.29. The van der Waals surface area contributed by atoms with Crippen molar-refractivity contribution < 1.29 is 4.79 Å². The molecule has 4 heteroatoms. The number of aromatic nitrogens is 1. The maximum Gasteiger partial charge on any atom is 0.272 e. The summed E-state index contributed by atoms with van der Waals surface area (Å²) in [4.78, 5) is 18.6. The molecule has 0 spiro atoms. The van der Waals surface area contributed by atoms with Crippen molar-refractivity contribution in [1.82, 2.24) is 9.88 Å². The van der Waals surface area contributed by atoms with Gasteiger partial charge in [0.15, 0.2) is 0 Å². The average Bonchev–Trinajstić information content (AvgIpc) is 2.53. The molecule has 0 saturated carbocycles. The van der Waals surface area contributed by atoms with E-state index in [-0.39, 0.29) is 11.8 Å². The van der Waals surface area contributed by atoms with Crippen LogP contribution < -0.4 is 0 Å². The molecule has 0 bridgehead atoms. The van der Waals surface area contributed by atoms with Crippen molar-refractivity contribution in [2.45, 2.75) is 12.8 Å². The Morgan fingerprint density at radius 1 is 1.30 bits per heavy atom. The molecule has 1 aromatic heterocycles. The summed E-state index contributed by atoms with van der Waals surface area (Å²) < 4.78 is 0. The van der Waals surface area contributed by atoms with Gasteiger partial charge in [-0.25, -0.2) is 4.98 Å². The molecule has 1 saturated heterocycles. The fourth-order valence-electron chi connectivity index (χ4n) is 2.61. The Kier molecular flexibility index (Phi) is 3.34. The Bertz CT molecular complexity index is 689. The number of fused-ring (bicyclic) bond motifs is 1. The molecule has 2 aromatic rings. The van der Waals surface area contributed by atoms with E-state index in [9.17, 15) is 4.79 Å². The first-order chi connectivity index (χ1) is 9.78. The fourth-order valence-corrected chi connectivity index (χ4v) is 2.61. The third-order valence-corrected chi connectivity index (χ3v) is 3.71. The van der Waals surface area contributed by atoms with Crippen LogP contribution in [0.3, 0.4) is 0 Å². The number of carbonyl (C=O) groups excluding carboxylic acids is 1. The van der Waals surface area contributed by atoms with Gasteiger partial charge in [-0.15, -0.1) is 0 Å². The highest BCUT2D eigenvalue weighted by atomic mass is 16.2. The van der Waals surface area contributed by atoms with Crippen LogP contribution in [-0.2, 0) is 0 Å². The molecule has 3 rings (SSSR count). The Labute approximate surface area is 117 Å². The van der Waals surface area contributed by atoms with Crippen LogP contribution >= 0.6 is 0 Å². The zero-order valence-corrected chi connectivity index (χ0v) is 11.1. The molecule has 0 aliphatic carbocycles. The Morgan fingerprint density at radius 3 is 3.00 bits per heavy atom. The van der Waals surface area contributed by atoms with E-state index in [0.29, 0.717) is 18.8 Å². The van der Waals surface area contributed by atoms with Gasteiger partial charge in [-0.05, 0) is 25.0 Å². The van der Waals surface area contributed by atoms with Crippen LogP contribution in [0.1, 0.15) is 23.3 Å². The predicted octanol–water partition coefficient (Wildman–Crippen LogP) is 2.61. The number of benzene rings is 1. The molecular weight excluding hydrogens is 250 g/mol. The molecule has 1 aliphatic rings. The molecule has 1 atom stereocenters. The van der Waals surface area contributed by atoms with Gasteiger partial charge in [-0.1, -0.05) is 24.3 Å². The lowest BCUT2D eigenvalue weighted by atomic mass is 9.99. The minimum Gasteiger partial charge on any atom is -0.336 e. The normalized spacial score (nSPS) is 18.8. The van der Waals surface area contributed by atoms with E-state index in [1.54, 1.807) is 11.0 Å². The summed E-state index contributed by atoms with van der Waals surface area (Å²) in [6.45, 7) is 1.23. The molecule has 1 aliphatic heterocycles. The number of hydrogen-bond acceptors (Lipinski definition) is 3. The standard InChI is InChI=1S/C16H15N3O/c17-10-12-4-3-9-19(11-12)16(20)15-8-7-13-5-1-2-6-14(13)18-15/h1-2,5-8,12H,3-4,9,11H2. The highest BCUT2D eigenvalue weighted by Gasteiger charge is 2.24. The Balaban J connectivity index is 1.86. The number of rotatable bonds is 1. The smallest absolute Gasteiger partial charge is 0.272 e. The van der Waals surface area contributed by atoms with Crippen molar-refractivity contribution in [3.8, 4) is 6.07 Å². The average molecular weight is 265 g/mol. The third-order valence-electron chi connectivity index (χ3n) is 3.71. The summed E-state index contributed by atoms with van der Waals surface area (Å²) >= 11 is 0. The van der Waals surface area contributed by atoms with Gasteiger partial charge < -0.3 is 4.90 Å². The highest BCUT2D eigenvalue weighted by molar-refractivity contribution is 5.95. The van der Waals surface area contributed by atoms with Crippen LogP contribution in [-0.4, -0.2) is 28.9 Å². The summed E-state index contributed by atoms with van der Waals surface area (Å²) in [5.74, 6) is -0.121. The van der Waals surface area contributed by atoms with E-state index in [2.05, 4.69) is 11.1 Å². The predicted molar refractivity (Wildman–Crippen MR) is 76.0 cm³/mol. The maximum atomic E-state index is 12.5. The lowest BCUT2D eigenvalue weighted by Gasteiger charge is -2.29. The minimum atomic E-state index is -0.0734. The monoisotopic (exact) mass is 265 g/mol. The molecule has 4 nitrogen and oxygen atoms in total. The molecule has 0 radical (unpaired) electrons. The van der Waals surface area contributed by atoms with Crippen molar-refractivity contribution in [2.75, 3.05) is 13.1 Å². The topological polar surface area (TPSA) is 57.0 Å². The van der Waals surface area contributed by atoms with E-state index in [1.807, 2.05) is 30.3 Å². The highest BCUT2D eigenvalue weighted by Crippen LogP contribution is 2.18. The zero-order valence-electron chi connectivity index (χ0n) is 11.1. The van der Waals surface area contributed by atoms with Gasteiger partial charge in [-0.2, -0.15) is 5.26 Å². The number of amides is 1. The second kappa shape index (κ2) is 5.30. The van der Waals surface area contributed by atoms with Crippen LogP contribution in [0.4, 0.5) is 0 Å². The van der Waals surface area contributed by atoms with Crippen LogP contribution in [0.2, 0.25) is 0 Å². The van der Waals surface area contributed by atoms with E-state index in [1.165, 1.54) is 0 Å². The number of likely N-dealkylation sites (tertiary alicyclic amines) is 1. The Hall–Kier alpha value is -2.41. The summed E-state index contributed by atoms with van der Waals surface area (Å²) in [7, 11) is 0. The molecule has 0 N–H and O–H groups in total. The maximum absolute atomic E-state index is 12.5. The van der Waals surface area contributed by atoms with Crippen LogP contribution in [0.25, 0.3) is 10.9 Å². The number of carbonyl (C=O) groups is 1. The number of para-hydroxylation sites is 1. The Morgan fingerprint density at radius 2 is 2.15 bits per heavy atom. The summed E-state index contributed by atoms with van der Waals surface area (Å²) in [5, 5.41) is 10.0. The quantitative estimate of drug-likeness (QED) is 0.796. The van der Waals surface area contributed by atoms with Gasteiger partial charge in [-0.3, -0.25) is 4.79 Å². The van der Waals surface area contributed by atoms with Crippen molar-refractivity contribution in [1.29, 1.82) is 5.26 Å². The number of piperidine rings is 1. The lowest BCUT2D eigenvalue weighted by Crippen LogP contribution is -2.39. The van der Waals surface area contributed by atoms with Gasteiger partial charge in [0, 0.05) is 18.5 Å². The van der Waals surface area contributed by atoms with Gasteiger partial charge in [0.05, 0.1) is 17.5 Å². The molecule has 1 aromatic carbocycles. The zero-order chi connectivity index (χ0) is 13.9. The fraction of sp³-hybridized carbons (Fsp3) is 0.312. The van der Waals surface area contributed by atoms with Crippen molar-refractivity contribution in [3.05, 3.63) is 42.1 Å². The molecule has 1 fully saturated rings. The number of pyridine rings is 1. The van der Waals surface area contributed by atoms with Crippen molar-refractivity contribution >= 4 is 16.8 Å². The minimum absolute atomic E-state index is 0.0480. The van der Waals surface area contributed by atoms with Gasteiger partial charge in [0.2, 0.25) is 0 Å². The third kappa shape index (κ3) is 2.35. The second-order valence-corrected chi connectivity index (χ2v) is 5.11. The summed E-state index contributed by atoms with van der Waals surface area (Å²) in [6.07, 6.45) is 1.77. The van der Waals surface area contributed by atoms with E-state index in [0.717, 1.165) is 23.7 Å². The van der Waals surface area contributed by atoms with Gasteiger partial charge in [0.25, 0.3) is 5.91 Å². The van der Waals surface area contributed by atoms with Crippen LogP contribution in [0.15, 0.2) is 36.4 Å². The summed E-state index contributed by atoms with van der Waals surface area (Å²) in [6, 6.07) is 13.7. The van der Waals surface area contributed by atoms with E-state index >= 15 is 0 Å². The molecule has 100 valence electrons. The van der Waals surface area contributed by atoms with E-state index in [4.69, 9.17) is 5.26 Å². The first kappa shape index (κ1) is 12.6. The SMILES string of the molecule is N#CC1CCCN(C(=O)c2ccc3ccccc3n2)C1. The largest absolute Gasteiger partial charge is 0.336 e. The molecular formula is C16H15N3O. The van der Waals surface area contributed by atoms with Gasteiger partial charge in [0.1, 0.15) is 5.69 Å². The van der Waals surface area contributed by atoms with E-state index < -0.39 is 0 Å². The number of hydrogen-bond donors (Lipinski definition) is 0. The first-order valence-electron chi connectivity index (χ1n) is 6.82. The second-order valence-electron chi connectivity index (χ2n) is 5.11. The van der Waals surface area contributed by atoms with Crippen LogP contribution in [0.5, 0.6) is 0 Å². The van der Waals surface area contributed by atoms with Crippen LogP contribution in [0, 0.1) is 17.2 Å².